The molecule has 11 nitrogen and oxygen atoms in total. The molecule has 182 valence electrons. The fourth-order valence-corrected chi connectivity index (χ4v) is 3.04. The Morgan fingerprint density at radius 3 is 2.03 bits per heavy atom. The van der Waals surface area contributed by atoms with E-state index < -0.39 is 55.0 Å². The topological polar surface area (TPSA) is 191 Å². The summed E-state index contributed by atoms with van der Waals surface area (Å²) in [5.74, 6) is -3.40. The normalized spacial score (nSPS) is 13.2. The first-order chi connectivity index (χ1) is 16.2. The van der Waals surface area contributed by atoms with Gasteiger partial charge in [0.25, 0.3) is 0 Å². The van der Waals surface area contributed by atoms with Crippen molar-refractivity contribution < 1.29 is 34.5 Å². The maximum atomic E-state index is 12.8. The molecular weight excluding hydrogens is 444 g/mol. The van der Waals surface area contributed by atoms with Gasteiger partial charge in [0.15, 0.2) is 0 Å². The Morgan fingerprint density at radius 2 is 1.44 bits per heavy atom. The molecular formula is C23H28N4O7. The molecule has 2 aromatic rings. The zero-order chi connectivity index (χ0) is 25.1. The van der Waals surface area contributed by atoms with Crippen molar-refractivity contribution in [1.82, 2.24) is 16.0 Å². The third-order valence-electron chi connectivity index (χ3n) is 4.88. The molecule has 0 aliphatic rings. The predicted molar refractivity (Wildman–Crippen MR) is 122 cm³/mol. The second-order valence-corrected chi connectivity index (χ2v) is 7.59. The van der Waals surface area contributed by atoms with Crippen molar-refractivity contribution in [2.45, 2.75) is 31.0 Å². The van der Waals surface area contributed by atoms with Crippen molar-refractivity contribution >= 4 is 23.7 Å². The number of amides is 3. The largest absolute Gasteiger partial charge is 0.508 e. The lowest BCUT2D eigenvalue weighted by Gasteiger charge is -2.21. The summed E-state index contributed by atoms with van der Waals surface area (Å²) in [5.41, 5.74) is 7.48. The lowest BCUT2D eigenvalue weighted by atomic mass is 10.0. The molecule has 0 aliphatic carbocycles. The Balaban J connectivity index is 2.02. The van der Waals surface area contributed by atoms with Crippen molar-refractivity contribution in [3.8, 4) is 5.75 Å². The molecule has 3 amide bonds. The van der Waals surface area contributed by atoms with E-state index in [1.807, 2.05) is 0 Å². The monoisotopic (exact) mass is 472 g/mol. The molecule has 11 heteroatoms. The second-order valence-electron chi connectivity index (χ2n) is 7.59. The Kier molecular flexibility index (Phi) is 9.99. The Bertz CT molecular complexity index is 983. The van der Waals surface area contributed by atoms with Crippen LogP contribution in [0.1, 0.15) is 11.1 Å². The number of aromatic hydroxyl groups is 1. The fraction of sp³-hybridized carbons (Fsp3) is 0.304. The van der Waals surface area contributed by atoms with Crippen LogP contribution in [0.3, 0.4) is 0 Å². The van der Waals surface area contributed by atoms with E-state index in [9.17, 15) is 24.3 Å². The first kappa shape index (κ1) is 26.3. The van der Waals surface area contributed by atoms with Crippen molar-refractivity contribution in [3.63, 3.8) is 0 Å². The minimum atomic E-state index is -1.50. The van der Waals surface area contributed by atoms with E-state index in [2.05, 4.69) is 16.0 Å². The van der Waals surface area contributed by atoms with Crippen molar-refractivity contribution in [3.05, 3.63) is 65.7 Å². The van der Waals surface area contributed by atoms with Gasteiger partial charge in [0.2, 0.25) is 17.7 Å². The highest BCUT2D eigenvalue weighted by Crippen LogP contribution is 2.11. The molecule has 2 rings (SSSR count). The molecule has 0 fully saturated rings. The van der Waals surface area contributed by atoms with Crippen LogP contribution in [-0.4, -0.2) is 70.3 Å². The van der Waals surface area contributed by atoms with E-state index in [0.717, 1.165) is 11.1 Å². The van der Waals surface area contributed by atoms with E-state index in [1.54, 1.807) is 42.5 Å². The maximum Gasteiger partial charge on any atom is 0.328 e. The minimum absolute atomic E-state index is 0.0825. The fourth-order valence-electron chi connectivity index (χ4n) is 3.04. The number of aliphatic hydroxyl groups excluding tert-OH is 1. The molecule has 0 saturated carbocycles. The molecule has 0 spiro atoms. The van der Waals surface area contributed by atoms with Crippen LogP contribution in [-0.2, 0) is 32.0 Å². The molecule has 34 heavy (non-hydrogen) atoms. The van der Waals surface area contributed by atoms with Gasteiger partial charge in [0.05, 0.1) is 19.2 Å². The van der Waals surface area contributed by atoms with Gasteiger partial charge in [-0.15, -0.1) is 0 Å². The number of phenols is 1. The smallest absolute Gasteiger partial charge is 0.328 e. The van der Waals surface area contributed by atoms with Gasteiger partial charge in [-0.05, 0) is 29.7 Å². The van der Waals surface area contributed by atoms with Crippen molar-refractivity contribution in [2.24, 2.45) is 5.73 Å². The maximum absolute atomic E-state index is 12.8. The van der Waals surface area contributed by atoms with Gasteiger partial charge in [-0.2, -0.15) is 0 Å². The molecule has 0 heterocycles. The van der Waals surface area contributed by atoms with Crippen LogP contribution in [0.25, 0.3) is 0 Å². The zero-order valence-corrected chi connectivity index (χ0v) is 18.3. The average Bonchev–Trinajstić information content (AvgIpc) is 2.82. The van der Waals surface area contributed by atoms with E-state index in [-0.39, 0.29) is 18.6 Å². The molecule has 2 aromatic carbocycles. The first-order valence-electron chi connectivity index (χ1n) is 10.5. The van der Waals surface area contributed by atoms with E-state index >= 15 is 0 Å². The third-order valence-corrected chi connectivity index (χ3v) is 4.88. The number of carboxylic acid groups (broad SMARTS) is 1. The number of carbonyl (C=O) groups is 4. The van der Waals surface area contributed by atoms with Gasteiger partial charge < -0.3 is 37.0 Å². The number of hydrogen-bond donors (Lipinski definition) is 7. The molecule has 0 bridgehead atoms. The van der Waals surface area contributed by atoms with Crippen LogP contribution in [0, 0.1) is 0 Å². The van der Waals surface area contributed by atoms with Crippen LogP contribution >= 0.6 is 0 Å². The van der Waals surface area contributed by atoms with E-state index in [4.69, 9.17) is 15.9 Å². The minimum Gasteiger partial charge on any atom is -0.508 e. The summed E-state index contributed by atoms with van der Waals surface area (Å²) in [6, 6.07) is 11.6. The van der Waals surface area contributed by atoms with E-state index in [1.165, 1.54) is 12.1 Å². The number of aliphatic hydroxyl groups is 1. The highest BCUT2D eigenvalue weighted by molar-refractivity contribution is 5.92. The molecule has 0 aliphatic heterocycles. The van der Waals surface area contributed by atoms with Crippen LogP contribution in [0.5, 0.6) is 5.75 Å². The predicted octanol–water partition coefficient (Wildman–Crippen LogP) is -1.33. The van der Waals surface area contributed by atoms with Crippen molar-refractivity contribution in [2.75, 3.05) is 13.2 Å². The SMILES string of the molecule is NC(Cc1ccc(O)cc1)C(=O)NC(Cc1ccccc1)C(=O)NCC(=O)NC(CO)C(=O)O. The average molecular weight is 472 g/mol. The number of hydrogen-bond acceptors (Lipinski definition) is 7. The summed E-state index contributed by atoms with van der Waals surface area (Å²) in [5, 5.41) is 34.3. The Labute approximate surface area is 196 Å². The summed E-state index contributed by atoms with van der Waals surface area (Å²) in [6.07, 6.45) is 0.298. The number of aliphatic carboxylic acids is 1. The van der Waals surface area contributed by atoms with Gasteiger partial charge in [-0.1, -0.05) is 42.5 Å². The number of phenolic OH excluding ortho intramolecular Hbond substituents is 1. The molecule has 8 N–H and O–H groups in total. The summed E-state index contributed by atoms with van der Waals surface area (Å²) in [6.45, 7) is -1.36. The summed E-state index contributed by atoms with van der Waals surface area (Å²) in [4.78, 5) is 48.3. The molecule has 0 radical (unpaired) electrons. The van der Waals surface area contributed by atoms with Crippen LogP contribution in [0.15, 0.2) is 54.6 Å². The van der Waals surface area contributed by atoms with Crippen LogP contribution in [0.2, 0.25) is 0 Å². The zero-order valence-electron chi connectivity index (χ0n) is 18.3. The Hall–Kier alpha value is -3.96. The summed E-state index contributed by atoms with van der Waals surface area (Å²) < 4.78 is 0. The lowest BCUT2D eigenvalue weighted by molar-refractivity contribution is -0.142. The lowest BCUT2D eigenvalue weighted by Crippen LogP contribution is -2.54. The van der Waals surface area contributed by atoms with Crippen LogP contribution in [0.4, 0.5) is 0 Å². The number of rotatable bonds is 12. The number of nitrogens with two attached hydrogens (primary N) is 1. The second kappa shape index (κ2) is 12.9. The summed E-state index contributed by atoms with van der Waals surface area (Å²) in [7, 11) is 0. The van der Waals surface area contributed by atoms with Crippen LogP contribution < -0.4 is 21.7 Å². The third kappa shape index (κ3) is 8.52. The van der Waals surface area contributed by atoms with Gasteiger partial charge in [-0.3, -0.25) is 14.4 Å². The Morgan fingerprint density at radius 1 is 0.824 bits per heavy atom. The molecule has 3 unspecified atom stereocenters. The van der Waals surface area contributed by atoms with Gasteiger partial charge in [0.1, 0.15) is 17.8 Å². The van der Waals surface area contributed by atoms with Crippen molar-refractivity contribution in [1.29, 1.82) is 0 Å². The van der Waals surface area contributed by atoms with Gasteiger partial charge in [0, 0.05) is 6.42 Å². The first-order valence-corrected chi connectivity index (χ1v) is 10.5. The van der Waals surface area contributed by atoms with Gasteiger partial charge >= 0.3 is 5.97 Å². The number of benzene rings is 2. The van der Waals surface area contributed by atoms with Gasteiger partial charge in [-0.25, -0.2) is 4.79 Å². The summed E-state index contributed by atoms with van der Waals surface area (Å²) >= 11 is 0. The van der Waals surface area contributed by atoms with E-state index in [0.29, 0.717) is 0 Å². The number of carboxylic acids is 1. The number of carbonyl (C=O) groups excluding carboxylic acids is 3. The number of nitrogens with one attached hydrogen (secondary N) is 3. The quantitative estimate of drug-likeness (QED) is 0.197. The highest BCUT2D eigenvalue weighted by Gasteiger charge is 2.25. The highest BCUT2D eigenvalue weighted by atomic mass is 16.4. The molecule has 0 saturated heterocycles. The molecule has 0 aromatic heterocycles. The molecule has 3 atom stereocenters. The standard InChI is InChI=1S/C23H28N4O7/c24-17(10-15-6-8-16(29)9-7-15)21(31)27-18(11-14-4-2-1-3-5-14)22(32)25-12-20(30)26-19(13-28)23(33)34/h1-9,17-19,28-29H,10-13,24H2,(H,25,32)(H,26,30)(H,27,31)(H,33,34).